The van der Waals surface area contributed by atoms with Gasteiger partial charge in [-0.1, -0.05) is 0 Å². The maximum atomic E-state index is 10.1. The summed E-state index contributed by atoms with van der Waals surface area (Å²) in [5, 5.41) is 0. The van der Waals surface area contributed by atoms with E-state index in [1.54, 1.807) is 0 Å². The first-order chi connectivity index (χ1) is 5.29. The molecule has 1 amide bonds. The Bertz CT molecular complexity index is 138. The summed E-state index contributed by atoms with van der Waals surface area (Å²) in [4.78, 5) is 10.1. The molecule has 11 heavy (non-hydrogen) atoms. The highest BCUT2D eigenvalue weighted by Gasteiger charge is 2.12. The molecule has 1 fully saturated rings. The van der Waals surface area contributed by atoms with Gasteiger partial charge in [0.1, 0.15) is 11.1 Å². The van der Waals surface area contributed by atoms with Gasteiger partial charge in [0.15, 0.2) is 0 Å². The van der Waals surface area contributed by atoms with Gasteiger partial charge in [-0.15, -0.1) is 0 Å². The molecule has 6 heteroatoms. The van der Waals surface area contributed by atoms with Crippen molar-refractivity contribution in [3.8, 4) is 0 Å². The molecule has 0 unspecified atom stereocenters. The second-order valence-corrected chi connectivity index (χ2v) is 4.00. The quantitative estimate of drug-likeness (QED) is 0.418. The standard InChI is InChI=1S/C5H10N2O2S2/c6-5(8)9-11-10-7-3-1-2-4-7/h1-4H2,(H2,6,8). The topological polar surface area (TPSA) is 55.6 Å². The van der Waals surface area contributed by atoms with Gasteiger partial charge in [0.2, 0.25) is 0 Å². The summed E-state index contributed by atoms with van der Waals surface area (Å²) < 4.78 is 6.63. The van der Waals surface area contributed by atoms with Gasteiger partial charge in [-0.05, 0) is 12.8 Å². The van der Waals surface area contributed by atoms with Crippen molar-refractivity contribution < 1.29 is 8.98 Å². The van der Waals surface area contributed by atoms with Gasteiger partial charge in [-0.25, -0.2) is 9.10 Å². The van der Waals surface area contributed by atoms with Crippen LogP contribution in [0.5, 0.6) is 0 Å². The van der Waals surface area contributed by atoms with Crippen LogP contribution in [0.1, 0.15) is 12.8 Å². The molecule has 0 bridgehead atoms. The highest BCUT2D eigenvalue weighted by Crippen LogP contribution is 2.29. The maximum absolute atomic E-state index is 10.1. The van der Waals surface area contributed by atoms with E-state index in [0.717, 1.165) is 24.2 Å². The number of amides is 1. The number of nitrogens with zero attached hydrogens (tertiary/aromatic N) is 1. The number of rotatable bonds is 3. The van der Waals surface area contributed by atoms with E-state index in [2.05, 4.69) is 8.49 Å². The van der Waals surface area contributed by atoms with E-state index < -0.39 is 6.09 Å². The molecule has 0 spiro atoms. The first kappa shape index (κ1) is 9.02. The van der Waals surface area contributed by atoms with Crippen molar-refractivity contribution in [3.05, 3.63) is 0 Å². The maximum Gasteiger partial charge on any atom is 0.417 e. The third-order valence-electron chi connectivity index (χ3n) is 1.32. The molecule has 0 radical (unpaired) electrons. The Morgan fingerprint density at radius 1 is 1.45 bits per heavy atom. The van der Waals surface area contributed by atoms with E-state index in [1.165, 1.54) is 23.8 Å². The van der Waals surface area contributed by atoms with Crippen molar-refractivity contribution in [2.45, 2.75) is 12.8 Å². The van der Waals surface area contributed by atoms with Gasteiger partial charge in [-0.2, -0.15) is 0 Å². The third kappa shape index (κ3) is 3.74. The summed E-state index contributed by atoms with van der Waals surface area (Å²) in [7, 11) is 1.44. The van der Waals surface area contributed by atoms with Crippen LogP contribution in [-0.4, -0.2) is 23.5 Å². The average Bonchev–Trinajstić information content (AvgIpc) is 2.39. The monoisotopic (exact) mass is 194 g/mol. The molecule has 1 aliphatic rings. The van der Waals surface area contributed by atoms with Crippen LogP contribution < -0.4 is 5.73 Å². The lowest BCUT2D eigenvalue weighted by Gasteiger charge is -2.09. The SMILES string of the molecule is NC(=O)OSSN1CCCC1. The van der Waals surface area contributed by atoms with Gasteiger partial charge in [-0.3, -0.25) is 0 Å². The van der Waals surface area contributed by atoms with Crippen LogP contribution in [0, 0.1) is 0 Å². The molecular formula is C5H10N2O2S2. The largest absolute Gasteiger partial charge is 0.417 e. The van der Waals surface area contributed by atoms with Gasteiger partial charge >= 0.3 is 6.09 Å². The Morgan fingerprint density at radius 2 is 2.09 bits per heavy atom. The van der Waals surface area contributed by atoms with Crippen LogP contribution in [0.2, 0.25) is 0 Å². The predicted octanol–water partition coefficient (Wildman–Crippen LogP) is 1.39. The number of primary amides is 1. The van der Waals surface area contributed by atoms with Crippen molar-refractivity contribution >= 4 is 28.1 Å². The second-order valence-electron chi connectivity index (χ2n) is 2.18. The first-order valence-corrected chi connectivity index (χ1v) is 5.38. The first-order valence-electron chi connectivity index (χ1n) is 3.35. The van der Waals surface area contributed by atoms with Gasteiger partial charge in [0.05, 0.1) is 0 Å². The highest BCUT2D eigenvalue weighted by atomic mass is 33.1. The Kier molecular flexibility index (Phi) is 3.88. The van der Waals surface area contributed by atoms with Crippen molar-refractivity contribution in [2.75, 3.05) is 13.1 Å². The molecule has 0 aromatic rings. The minimum Gasteiger partial charge on any atom is -0.362 e. The predicted molar refractivity (Wildman–Crippen MR) is 46.7 cm³/mol. The van der Waals surface area contributed by atoms with E-state index >= 15 is 0 Å². The van der Waals surface area contributed by atoms with Gasteiger partial charge < -0.3 is 9.92 Å². The Balaban J connectivity index is 1.98. The van der Waals surface area contributed by atoms with E-state index in [1.807, 2.05) is 0 Å². The molecule has 0 atom stereocenters. The number of carbonyl (C=O) groups excluding carboxylic acids is 1. The Morgan fingerprint density at radius 3 is 2.64 bits per heavy atom. The van der Waals surface area contributed by atoms with Crippen LogP contribution in [0.15, 0.2) is 0 Å². The molecule has 4 nitrogen and oxygen atoms in total. The van der Waals surface area contributed by atoms with Crippen LogP contribution >= 0.6 is 22.1 Å². The van der Waals surface area contributed by atoms with E-state index in [0.29, 0.717) is 0 Å². The fourth-order valence-electron chi connectivity index (χ4n) is 0.854. The number of hydrogen-bond donors (Lipinski definition) is 1. The zero-order valence-electron chi connectivity index (χ0n) is 5.99. The average molecular weight is 194 g/mol. The molecule has 2 N–H and O–H groups in total. The van der Waals surface area contributed by atoms with Crippen molar-refractivity contribution in [3.63, 3.8) is 0 Å². The summed E-state index contributed by atoms with van der Waals surface area (Å²) in [6.45, 7) is 2.14. The molecular weight excluding hydrogens is 184 g/mol. The number of nitrogens with two attached hydrogens (primary N) is 1. The lowest BCUT2D eigenvalue weighted by Crippen LogP contribution is -2.10. The summed E-state index contributed by atoms with van der Waals surface area (Å²) in [5.41, 5.74) is 4.76. The molecule has 0 aromatic carbocycles. The molecule has 64 valence electrons. The van der Waals surface area contributed by atoms with Crippen molar-refractivity contribution in [1.82, 2.24) is 4.31 Å². The van der Waals surface area contributed by atoms with Gasteiger partial charge in [0.25, 0.3) is 0 Å². The van der Waals surface area contributed by atoms with Crippen LogP contribution in [-0.2, 0) is 4.18 Å². The normalized spacial score (nSPS) is 18.5. The minimum absolute atomic E-state index is 0.735. The van der Waals surface area contributed by atoms with Crippen LogP contribution in [0.3, 0.4) is 0 Å². The van der Waals surface area contributed by atoms with Crippen molar-refractivity contribution in [1.29, 1.82) is 0 Å². The smallest absolute Gasteiger partial charge is 0.362 e. The molecule has 1 heterocycles. The van der Waals surface area contributed by atoms with Crippen LogP contribution in [0.25, 0.3) is 0 Å². The summed E-state index contributed by atoms with van der Waals surface area (Å²) in [6.07, 6.45) is 1.72. The zero-order chi connectivity index (χ0) is 8.10. The zero-order valence-corrected chi connectivity index (χ0v) is 7.62. The number of hydrogen-bond acceptors (Lipinski definition) is 5. The summed E-state index contributed by atoms with van der Waals surface area (Å²) >= 11 is 1.03. The summed E-state index contributed by atoms with van der Waals surface area (Å²) in [5.74, 6) is 0. The lowest BCUT2D eigenvalue weighted by atomic mass is 10.4. The third-order valence-corrected chi connectivity index (χ3v) is 3.21. The van der Waals surface area contributed by atoms with E-state index in [9.17, 15) is 4.79 Å². The number of carbonyl (C=O) groups is 1. The molecule has 0 aromatic heterocycles. The Labute approximate surface area is 73.6 Å². The van der Waals surface area contributed by atoms with Crippen molar-refractivity contribution in [2.24, 2.45) is 5.73 Å². The fourth-order valence-corrected chi connectivity index (χ4v) is 2.44. The van der Waals surface area contributed by atoms with Crippen LogP contribution in [0.4, 0.5) is 4.79 Å². The molecule has 1 rings (SSSR count). The Hall–Kier alpha value is -0.0700. The molecule has 1 saturated heterocycles. The van der Waals surface area contributed by atoms with E-state index in [-0.39, 0.29) is 0 Å². The lowest BCUT2D eigenvalue weighted by molar-refractivity contribution is 0.219. The fraction of sp³-hybridized carbons (Fsp3) is 0.800. The minimum atomic E-state index is -0.735. The van der Waals surface area contributed by atoms with E-state index in [4.69, 9.17) is 5.73 Å². The van der Waals surface area contributed by atoms with Gasteiger partial charge in [0, 0.05) is 24.1 Å². The summed E-state index contributed by atoms with van der Waals surface area (Å²) in [6, 6.07) is 0. The molecule has 1 aliphatic heterocycles. The highest BCUT2D eigenvalue weighted by molar-refractivity contribution is 8.74. The molecule has 0 aliphatic carbocycles. The second kappa shape index (κ2) is 4.74. The molecule has 0 saturated carbocycles.